The fourth-order valence-corrected chi connectivity index (χ4v) is 2.15. The highest BCUT2D eigenvalue weighted by atomic mass is 15.1. The van der Waals surface area contributed by atoms with E-state index in [0.717, 1.165) is 23.5 Å². The van der Waals surface area contributed by atoms with E-state index in [-0.39, 0.29) is 0 Å². The number of aryl methyl sites for hydroxylation is 1. The first-order valence-corrected chi connectivity index (χ1v) is 5.39. The number of anilines is 1. The summed E-state index contributed by atoms with van der Waals surface area (Å²) < 4.78 is 0. The van der Waals surface area contributed by atoms with Gasteiger partial charge >= 0.3 is 0 Å². The molecule has 2 aliphatic carbocycles. The van der Waals surface area contributed by atoms with E-state index in [1.807, 2.05) is 19.2 Å². The third-order valence-corrected chi connectivity index (χ3v) is 3.18. The minimum Gasteiger partial charge on any atom is -0.367 e. The van der Waals surface area contributed by atoms with Crippen LogP contribution in [0.3, 0.4) is 0 Å². The van der Waals surface area contributed by atoms with Crippen molar-refractivity contribution in [1.82, 2.24) is 9.97 Å². The van der Waals surface area contributed by atoms with Crippen LogP contribution in [-0.4, -0.2) is 16.0 Å². The van der Waals surface area contributed by atoms with Crippen molar-refractivity contribution in [2.75, 3.05) is 5.32 Å². The summed E-state index contributed by atoms with van der Waals surface area (Å²) in [5, 5.41) is 3.48. The average molecular weight is 189 g/mol. The van der Waals surface area contributed by atoms with Gasteiger partial charge < -0.3 is 5.32 Å². The van der Waals surface area contributed by atoms with E-state index in [1.165, 1.54) is 19.3 Å². The number of hydrogen-bond acceptors (Lipinski definition) is 3. The van der Waals surface area contributed by atoms with Crippen molar-refractivity contribution in [2.45, 2.75) is 32.2 Å². The van der Waals surface area contributed by atoms with Gasteiger partial charge in [-0.05, 0) is 44.1 Å². The molecule has 2 unspecified atom stereocenters. The normalized spacial score (nSPS) is 30.1. The molecule has 2 aliphatic rings. The standard InChI is InChI=1S/C11H15N3/c1-7-12-5-4-11(13-7)14-10-6-9(10)8-2-3-8/h4-5,8-10H,2-3,6H2,1H3,(H,12,13,14). The van der Waals surface area contributed by atoms with Crippen molar-refractivity contribution < 1.29 is 0 Å². The molecule has 2 fully saturated rings. The van der Waals surface area contributed by atoms with Gasteiger partial charge in [-0.1, -0.05) is 0 Å². The molecule has 0 aromatic carbocycles. The van der Waals surface area contributed by atoms with Gasteiger partial charge in [-0.3, -0.25) is 0 Å². The predicted octanol–water partition coefficient (Wildman–Crippen LogP) is 2.00. The maximum absolute atomic E-state index is 4.35. The van der Waals surface area contributed by atoms with Crippen molar-refractivity contribution in [1.29, 1.82) is 0 Å². The molecule has 14 heavy (non-hydrogen) atoms. The monoisotopic (exact) mass is 189 g/mol. The van der Waals surface area contributed by atoms with Gasteiger partial charge in [-0.2, -0.15) is 0 Å². The third kappa shape index (κ3) is 1.59. The largest absolute Gasteiger partial charge is 0.367 e. The molecule has 3 rings (SSSR count). The second-order valence-electron chi connectivity index (χ2n) is 4.48. The summed E-state index contributed by atoms with van der Waals surface area (Å²) in [4.78, 5) is 8.43. The highest BCUT2D eigenvalue weighted by Crippen LogP contribution is 2.50. The van der Waals surface area contributed by atoms with E-state index in [9.17, 15) is 0 Å². The first-order chi connectivity index (χ1) is 6.83. The lowest BCUT2D eigenvalue weighted by atomic mass is 10.3. The van der Waals surface area contributed by atoms with Crippen LogP contribution < -0.4 is 5.32 Å². The minimum absolute atomic E-state index is 0.691. The van der Waals surface area contributed by atoms with Crippen molar-refractivity contribution in [3.8, 4) is 0 Å². The SMILES string of the molecule is Cc1nccc(NC2CC2C2CC2)n1. The van der Waals surface area contributed by atoms with E-state index < -0.39 is 0 Å². The van der Waals surface area contributed by atoms with Gasteiger partial charge in [-0.25, -0.2) is 9.97 Å². The Bertz CT molecular complexity index is 346. The van der Waals surface area contributed by atoms with Crippen molar-refractivity contribution in [3.63, 3.8) is 0 Å². The van der Waals surface area contributed by atoms with E-state index in [4.69, 9.17) is 0 Å². The molecule has 0 spiro atoms. The molecule has 0 bridgehead atoms. The lowest BCUT2D eigenvalue weighted by Gasteiger charge is -2.04. The van der Waals surface area contributed by atoms with Crippen molar-refractivity contribution in [3.05, 3.63) is 18.1 Å². The fraction of sp³-hybridized carbons (Fsp3) is 0.636. The number of nitrogens with one attached hydrogen (secondary N) is 1. The Morgan fingerprint density at radius 2 is 2.29 bits per heavy atom. The van der Waals surface area contributed by atoms with E-state index in [2.05, 4.69) is 15.3 Å². The fourth-order valence-electron chi connectivity index (χ4n) is 2.15. The van der Waals surface area contributed by atoms with Crippen LogP contribution in [0.2, 0.25) is 0 Å². The Labute approximate surface area is 84.0 Å². The first kappa shape index (κ1) is 8.21. The van der Waals surface area contributed by atoms with Gasteiger partial charge in [0.15, 0.2) is 0 Å². The zero-order valence-corrected chi connectivity index (χ0v) is 8.40. The molecule has 1 aromatic heterocycles. The Kier molecular flexibility index (Phi) is 1.72. The average Bonchev–Trinajstić information content (AvgIpc) is 2.96. The van der Waals surface area contributed by atoms with Gasteiger partial charge in [0.05, 0.1) is 0 Å². The highest BCUT2D eigenvalue weighted by molar-refractivity contribution is 5.37. The molecule has 2 atom stereocenters. The first-order valence-electron chi connectivity index (χ1n) is 5.39. The molecule has 0 aliphatic heterocycles. The zero-order chi connectivity index (χ0) is 9.54. The predicted molar refractivity (Wildman–Crippen MR) is 55.0 cm³/mol. The molecule has 1 heterocycles. The van der Waals surface area contributed by atoms with E-state index in [1.54, 1.807) is 0 Å². The Hall–Kier alpha value is -1.12. The second-order valence-corrected chi connectivity index (χ2v) is 4.48. The van der Waals surface area contributed by atoms with Crippen molar-refractivity contribution >= 4 is 5.82 Å². The summed E-state index contributed by atoms with van der Waals surface area (Å²) >= 11 is 0. The van der Waals surface area contributed by atoms with Crippen LogP contribution in [0.4, 0.5) is 5.82 Å². The van der Waals surface area contributed by atoms with Crippen LogP contribution in [0.1, 0.15) is 25.1 Å². The molecule has 1 N–H and O–H groups in total. The molecule has 2 saturated carbocycles. The molecule has 0 saturated heterocycles. The van der Waals surface area contributed by atoms with Crippen LogP contribution in [0, 0.1) is 18.8 Å². The summed E-state index contributed by atoms with van der Waals surface area (Å²) in [7, 11) is 0. The number of hydrogen-bond donors (Lipinski definition) is 1. The maximum atomic E-state index is 4.35. The van der Waals surface area contributed by atoms with Gasteiger partial charge in [0, 0.05) is 12.2 Å². The van der Waals surface area contributed by atoms with Crippen LogP contribution in [0.5, 0.6) is 0 Å². The summed E-state index contributed by atoms with van der Waals surface area (Å²) in [5.74, 6) is 3.80. The highest BCUT2D eigenvalue weighted by Gasteiger charge is 2.47. The lowest BCUT2D eigenvalue weighted by Crippen LogP contribution is -2.07. The molecule has 74 valence electrons. The molecule has 3 heteroatoms. The zero-order valence-electron chi connectivity index (χ0n) is 8.40. The molecule has 0 radical (unpaired) electrons. The molecule has 1 aromatic rings. The summed E-state index contributed by atoms with van der Waals surface area (Å²) in [5.41, 5.74) is 0. The Morgan fingerprint density at radius 3 is 3.00 bits per heavy atom. The van der Waals surface area contributed by atoms with Crippen molar-refractivity contribution in [2.24, 2.45) is 11.8 Å². The van der Waals surface area contributed by atoms with Crippen LogP contribution in [-0.2, 0) is 0 Å². The van der Waals surface area contributed by atoms with Crippen LogP contribution >= 0.6 is 0 Å². The van der Waals surface area contributed by atoms with Gasteiger partial charge in [0.25, 0.3) is 0 Å². The number of aromatic nitrogens is 2. The molecular weight excluding hydrogens is 174 g/mol. The van der Waals surface area contributed by atoms with Gasteiger partial charge in [0.2, 0.25) is 0 Å². The number of nitrogens with zero attached hydrogens (tertiary/aromatic N) is 2. The smallest absolute Gasteiger partial charge is 0.129 e. The van der Waals surface area contributed by atoms with E-state index >= 15 is 0 Å². The number of rotatable bonds is 3. The maximum Gasteiger partial charge on any atom is 0.129 e. The summed E-state index contributed by atoms with van der Waals surface area (Å²) in [6, 6.07) is 2.65. The Balaban J connectivity index is 1.62. The Morgan fingerprint density at radius 1 is 1.43 bits per heavy atom. The van der Waals surface area contributed by atoms with Crippen LogP contribution in [0.25, 0.3) is 0 Å². The topological polar surface area (TPSA) is 37.8 Å². The quantitative estimate of drug-likeness (QED) is 0.790. The summed E-state index contributed by atoms with van der Waals surface area (Å²) in [6.07, 6.45) is 6.06. The molecule has 0 amide bonds. The van der Waals surface area contributed by atoms with E-state index in [0.29, 0.717) is 6.04 Å². The van der Waals surface area contributed by atoms with Gasteiger partial charge in [-0.15, -0.1) is 0 Å². The molecule has 3 nitrogen and oxygen atoms in total. The second kappa shape index (κ2) is 2.94. The molecular formula is C11H15N3. The lowest BCUT2D eigenvalue weighted by molar-refractivity contribution is 0.696. The summed E-state index contributed by atoms with van der Waals surface area (Å²) in [6.45, 7) is 1.93. The minimum atomic E-state index is 0.691. The van der Waals surface area contributed by atoms with Gasteiger partial charge in [0.1, 0.15) is 11.6 Å². The van der Waals surface area contributed by atoms with Crippen LogP contribution in [0.15, 0.2) is 12.3 Å². The third-order valence-electron chi connectivity index (χ3n) is 3.18.